The Morgan fingerprint density at radius 3 is 2.59 bits per heavy atom. The van der Waals surface area contributed by atoms with Crippen molar-refractivity contribution in [1.82, 2.24) is 30.0 Å². The monoisotopic (exact) mass is 522 g/mol. The quantitative estimate of drug-likeness (QED) is 0.289. The lowest BCUT2D eigenvalue weighted by molar-refractivity contribution is -0.117. The van der Waals surface area contributed by atoms with Crippen LogP contribution in [-0.4, -0.2) is 69.2 Å². The second-order valence-corrected chi connectivity index (χ2v) is 11.7. The molecule has 0 unspecified atom stereocenters. The van der Waals surface area contributed by atoms with Crippen LogP contribution in [0, 0.1) is 5.41 Å². The number of carbonyl (C=O) groups is 1. The molecule has 1 amide bonds. The lowest BCUT2D eigenvalue weighted by Crippen LogP contribution is -2.44. The van der Waals surface area contributed by atoms with E-state index in [1.165, 1.54) is 11.1 Å². The Hall–Kier alpha value is -4.24. The Morgan fingerprint density at radius 1 is 1.00 bits per heavy atom. The highest BCUT2D eigenvalue weighted by Crippen LogP contribution is 2.34. The first-order valence-electron chi connectivity index (χ1n) is 13.4. The van der Waals surface area contributed by atoms with Crippen molar-refractivity contribution >= 4 is 39.2 Å². The SMILES string of the molecule is CN1CCN(c2cccc3[nH]c(-c4[nH]nc5ncc(-c6cncc(NC(=O)CC(C)(C)C)c6)cc45)cc23)CC1. The van der Waals surface area contributed by atoms with Crippen LogP contribution in [0.5, 0.6) is 0 Å². The molecule has 200 valence electrons. The fraction of sp³-hybridized carbons (Fsp3) is 0.333. The Labute approximate surface area is 227 Å². The standard InChI is InChI=1S/C30H34N8O/c1-30(2,3)15-27(39)33-21-12-19(16-31-18-21)20-13-23-28(35-36-29(23)32-17-20)25-14-22-24(34-25)6-5-7-26(22)38-10-8-37(4)9-11-38/h5-7,12-14,16-18,34H,8-11,15H2,1-4H3,(H,33,39)(H,32,35,36). The molecule has 1 aliphatic heterocycles. The molecule has 0 atom stereocenters. The van der Waals surface area contributed by atoms with Crippen molar-refractivity contribution in [3.8, 4) is 22.5 Å². The maximum atomic E-state index is 12.5. The summed E-state index contributed by atoms with van der Waals surface area (Å²) in [6.07, 6.45) is 5.68. The van der Waals surface area contributed by atoms with E-state index >= 15 is 0 Å². The Kier molecular flexibility index (Phi) is 6.31. The van der Waals surface area contributed by atoms with E-state index in [1.54, 1.807) is 18.6 Å². The van der Waals surface area contributed by atoms with Gasteiger partial charge in [-0.25, -0.2) is 4.98 Å². The third-order valence-corrected chi connectivity index (χ3v) is 7.21. The van der Waals surface area contributed by atoms with Gasteiger partial charge in [0.25, 0.3) is 0 Å². The van der Waals surface area contributed by atoms with E-state index in [-0.39, 0.29) is 11.3 Å². The third-order valence-electron chi connectivity index (χ3n) is 7.21. The van der Waals surface area contributed by atoms with Gasteiger partial charge in [0.05, 0.1) is 23.3 Å². The summed E-state index contributed by atoms with van der Waals surface area (Å²) in [6.45, 7) is 10.3. The first kappa shape index (κ1) is 25.1. The van der Waals surface area contributed by atoms with Crippen molar-refractivity contribution in [2.75, 3.05) is 43.4 Å². The summed E-state index contributed by atoms with van der Waals surface area (Å²) in [5, 5.41) is 12.8. The van der Waals surface area contributed by atoms with Gasteiger partial charge < -0.3 is 20.1 Å². The van der Waals surface area contributed by atoms with E-state index in [2.05, 4.69) is 77.6 Å². The molecule has 4 aromatic heterocycles. The number of rotatable bonds is 5. The zero-order valence-corrected chi connectivity index (χ0v) is 22.9. The van der Waals surface area contributed by atoms with Crippen LogP contribution in [0.15, 0.2) is 55.0 Å². The number of pyridine rings is 2. The summed E-state index contributed by atoms with van der Waals surface area (Å²) in [4.78, 5) is 29.9. The molecule has 1 saturated heterocycles. The van der Waals surface area contributed by atoms with Gasteiger partial charge in [-0.05, 0) is 42.8 Å². The topological polar surface area (TPSA) is 106 Å². The molecule has 0 radical (unpaired) electrons. The number of likely N-dealkylation sites (N-methyl/N-ethyl adjacent to an activating group) is 1. The van der Waals surface area contributed by atoms with Crippen molar-refractivity contribution in [3.05, 3.63) is 55.0 Å². The lowest BCUT2D eigenvalue weighted by Gasteiger charge is -2.34. The van der Waals surface area contributed by atoms with Gasteiger partial charge in [0.1, 0.15) is 0 Å². The normalized spacial score (nSPS) is 14.8. The summed E-state index contributed by atoms with van der Waals surface area (Å²) in [5.74, 6) is -0.0260. The van der Waals surface area contributed by atoms with Crippen LogP contribution in [-0.2, 0) is 4.79 Å². The van der Waals surface area contributed by atoms with Crippen LogP contribution < -0.4 is 10.2 Å². The molecule has 9 nitrogen and oxygen atoms in total. The highest BCUT2D eigenvalue weighted by atomic mass is 16.1. The predicted molar refractivity (Wildman–Crippen MR) is 157 cm³/mol. The second kappa shape index (κ2) is 9.81. The molecular formula is C30H34N8O. The molecule has 0 bridgehead atoms. The van der Waals surface area contributed by atoms with Gasteiger partial charge in [-0.3, -0.25) is 14.9 Å². The zero-order chi connectivity index (χ0) is 27.1. The van der Waals surface area contributed by atoms with Gasteiger partial charge in [0, 0.05) is 78.1 Å². The van der Waals surface area contributed by atoms with Crippen molar-refractivity contribution in [1.29, 1.82) is 0 Å². The van der Waals surface area contributed by atoms with Crippen molar-refractivity contribution < 1.29 is 4.79 Å². The largest absolute Gasteiger partial charge is 0.368 e. The number of amides is 1. The minimum atomic E-state index is -0.0877. The van der Waals surface area contributed by atoms with Crippen LogP contribution in [0.2, 0.25) is 0 Å². The molecule has 39 heavy (non-hydrogen) atoms. The molecular weight excluding hydrogens is 488 g/mol. The number of anilines is 2. The highest BCUT2D eigenvalue weighted by molar-refractivity contribution is 6.00. The van der Waals surface area contributed by atoms with E-state index in [0.29, 0.717) is 17.8 Å². The van der Waals surface area contributed by atoms with Crippen molar-refractivity contribution in [2.24, 2.45) is 5.41 Å². The van der Waals surface area contributed by atoms with Gasteiger partial charge in [0.15, 0.2) is 5.65 Å². The summed E-state index contributed by atoms with van der Waals surface area (Å²) in [6, 6.07) is 12.6. The molecule has 6 rings (SSSR count). The Morgan fingerprint density at radius 2 is 1.79 bits per heavy atom. The molecule has 0 saturated carbocycles. The van der Waals surface area contributed by atoms with E-state index in [1.807, 2.05) is 26.8 Å². The minimum Gasteiger partial charge on any atom is -0.368 e. The summed E-state index contributed by atoms with van der Waals surface area (Å²) in [5.41, 5.74) is 7.21. The fourth-order valence-electron chi connectivity index (χ4n) is 5.21. The molecule has 0 spiro atoms. The van der Waals surface area contributed by atoms with Crippen LogP contribution in [0.4, 0.5) is 11.4 Å². The number of nitrogens with one attached hydrogen (secondary N) is 3. The number of H-pyrrole nitrogens is 2. The number of carbonyl (C=O) groups excluding carboxylic acids is 1. The van der Waals surface area contributed by atoms with Crippen LogP contribution in [0.3, 0.4) is 0 Å². The number of piperazine rings is 1. The van der Waals surface area contributed by atoms with Crippen LogP contribution >= 0.6 is 0 Å². The van der Waals surface area contributed by atoms with Gasteiger partial charge in [0.2, 0.25) is 5.91 Å². The number of hydrogen-bond donors (Lipinski definition) is 3. The number of hydrogen-bond acceptors (Lipinski definition) is 6. The van der Waals surface area contributed by atoms with Gasteiger partial charge in [-0.2, -0.15) is 5.10 Å². The summed E-state index contributed by atoms with van der Waals surface area (Å²) < 4.78 is 0. The Balaban J connectivity index is 1.32. The molecule has 5 heterocycles. The van der Waals surface area contributed by atoms with Crippen molar-refractivity contribution in [2.45, 2.75) is 27.2 Å². The summed E-state index contributed by atoms with van der Waals surface area (Å²) in [7, 11) is 2.17. The van der Waals surface area contributed by atoms with Gasteiger partial charge in [-0.15, -0.1) is 0 Å². The first-order valence-corrected chi connectivity index (χ1v) is 13.4. The molecule has 1 fully saturated rings. The maximum Gasteiger partial charge on any atom is 0.224 e. The van der Waals surface area contributed by atoms with Crippen LogP contribution in [0.1, 0.15) is 27.2 Å². The first-order chi connectivity index (χ1) is 18.7. The molecule has 5 aromatic rings. The summed E-state index contributed by atoms with van der Waals surface area (Å²) >= 11 is 0. The fourth-order valence-corrected chi connectivity index (χ4v) is 5.21. The minimum absolute atomic E-state index is 0.0260. The predicted octanol–water partition coefficient (Wildman–Crippen LogP) is 5.29. The molecule has 1 aromatic carbocycles. The number of benzene rings is 1. The van der Waals surface area contributed by atoms with Crippen LogP contribution in [0.25, 0.3) is 44.5 Å². The number of aromatic nitrogens is 5. The van der Waals surface area contributed by atoms with Gasteiger partial charge >= 0.3 is 0 Å². The van der Waals surface area contributed by atoms with E-state index < -0.39 is 0 Å². The number of nitrogens with zero attached hydrogens (tertiary/aromatic N) is 5. The highest BCUT2D eigenvalue weighted by Gasteiger charge is 2.19. The van der Waals surface area contributed by atoms with Crippen molar-refractivity contribution in [3.63, 3.8) is 0 Å². The third kappa shape index (κ3) is 5.22. The average Bonchev–Trinajstić information content (AvgIpc) is 3.52. The number of fused-ring (bicyclic) bond motifs is 2. The molecule has 0 aliphatic carbocycles. The van der Waals surface area contributed by atoms with E-state index in [4.69, 9.17) is 0 Å². The second-order valence-electron chi connectivity index (χ2n) is 11.7. The lowest BCUT2D eigenvalue weighted by atomic mass is 9.92. The Bertz CT molecular complexity index is 1650. The average molecular weight is 523 g/mol. The molecule has 1 aliphatic rings. The molecule has 3 N–H and O–H groups in total. The molecule has 9 heteroatoms. The maximum absolute atomic E-state index is 12.5. The smallest absolute Gasteiger partial charge is 0.224 e. The zero-order valence-electron chi connectivity index (χ0n) is 22.9. The van der Waals surface area contributed by atoms with E-state index in [0.717, 1.165) is 59.6 Å². The number of aromatic amines is 2. The van der Waals surface area contributed by atoms with E-state index in [9.17, 15) is 4.79 Å². The van der Waals surface area contributed by atoms with Gasteiger partial charge in [-0.1, -0.05) is 26.8 Å².